The highest BCUT2D eigenvalue weighted by molar-refractivity contribution is 7.91. The maximum Gasteiger partial charge on any atom is 0.154 e. The first-order valence-electron chi connectivity index (χ1n) is 6.15. The van der Waals surface area contributed by atoms with Gasteiger partial charge in [-0.25, -0.2) is 8.42 Å². The molecule has 0 fully saturated rings. The first-order chi connectivity index (χ1) is 9.40. The number of methoxy groups -OCH3 is 1. The third kappa shape index (κ3) is 3.39. The summed E-state index contributed by atoms with van der Waals surface area (Å²) >= 11 is 0. The molecule has 1 aliphatic carbocycles. The Labute approximate surface area is 118 Å². The molecule has 0 amide bonds. The number of ether oxygens (including phenoxy) is 2. The first-order valence-corrected chi connectivity index (χ1v) is 8.11. The molecule has 6 heteroatoms. The minimum Gasteiger partial charge on any atom is -0.497 e. The molecular weight excluding hydrogens is 278 g/mol. The van der Waals surface area contributed by atoms with Crippen LogP contribution in [0.1, 0.15) is 6.42 Å². The van der Waals surface area contributed by atoms with Crippen molar-refractivity contribution in [1.29, 1.82) is 5.41 Å². The van der Waals surface area contributed by atoms with Gasteiger partial charge in [0.25, 0.3) is 0 Å². The van der Waals surface area contributed by atoms with Gasteiger partial charge >= 0.3 is 0 Å². The average Bonchev–Trinajstić information content (AvgIpc) is 2.40. The van der Waals surface area contributed by atoms with Gasteiger partial charge in [-0.1, -0.05) is 6.07 Å². The number of rotatable bonds is 4. The van der Waals surface area contributed by atoms with E-state index >= 15 is 0 Å². The maximum atomic E-state index is 11.8. The molecule has 0 spiro atoms. The molecule has 0 bridgehead atoms. The molecule has 0 heterocycles. The van der Waals surface area contributed by atoms with Crippen LogP contribution < -0.4 is 9.47 Å². The van der Waals surface area contributed by atoms with Crippen molar-refractivity contribution in [3.63, 3.8) is 0 Å². The number of benzene rings is 1. The molecule has 0 saturated heterocycles. The summed E-state index contributed by atoms with van der Waals surface area (Å²) in [4.78, 5) is 0. The Balaban J connectivity index is 2.25. The highest BCUT2D eigenvalue weighted by Crippen LogP contribution is 2.25. The van der Waals surface area contributed by atoms with Crippen molar-refractivity contribution in [3.8, 4) is 11.5 Å². The van der Waals surface area contributed by atoms with Crippen LogP contribution in [0.2, 0.25) is 0 Å². The monoisotopic (exact) mass is 295 g/mol. The summed E-state index contributed by atoms with van der Waals surface area (Å²) < 4.78 is 34.5. The molecule has 1 N–H and O–H groups in total. The smallest absolute Gasteiger partial charge is 0.154 e. The third-order valence-electron chi connectivity index (χ3n) is 3.14. The number of nitrogens with one attached hydrogen (secondary N) is 1. The summed E-state index contributed by atoms with van der Waals surface area (Å²) in [6.45, 7) is 0. The van der Waals surface area contributed by atoms with Crippen LogP contribution in [0.5, 0.6) is 11.5 Å². The SMILES string of the molecule is COc1cccc(OC2C=CC(=N)CC2S(C)(=O)=O)c1. The van der Waals surface area contributed by atoms with Crippen LogP contribution in [0.25, 0.3) is 0 Å². The van der Waals surface area contributed by atoms with E-state index in [1.807, 2.05) is 0 Å². The topological polar surface area (TPSA) is 76.5 Å². The van der Waals surface area contributed by atoms with Crippen molar-refractivity contribution >= 4 is 15.5 Å². The Morgan fingerprint density at radius 2 is 2.00 bits per heavy atom. The van der Waals surface area contributed by atoms with Crippen LogP contribution in [0.15, 0.2) is 36.4 Å². The van der Waals surface area contributed by atoms with Gasteiger partial charge in [-0.05, 0) is 24.3 Å². The summed E-state index contributed by atoms with van der Waals surface area (Å²) in [6, 6.07) is 7.01. The molecule has 0 saturated carbocycles. The summed E-state index contributed by atoms with van der Waals surface area (Å²) in [5.74, 6) is 1.19. The van der Waals surface area contributed by atoms with Crippen molar-refractivity contribution in [2.24, 2.45) is 0 Å². The second kappa shape index (κ2) is 5.66. The van der Waals surface area contributed by atoms with Crippen molar-refractivity contribution < 1.29 is 17.9 Å². The van der Waals surface area contributed by atoms with Gasteiger partial charge in [-0.3, -0.25) is 0 Å². The van der Waals surface area contributed by atoms with E-state index in [2.05, 4.69) is 0 Å². The minimum absolute atomic E-state index is 0.171. The van der Waals surface area contributed by atoms with Gasteiger partial charge in [-0.2, -0.15) is 0 Å². The number of hydrogen-bond donors (Lipinski definition) is 1. The molecule has 108 valence electrons. The summed E-state index contributed by atoms with van der Waals surface area (Å²) in [5.41, 5.74) is 0.297. The Morgan fingerprint density at radius 3 is 2.65 bits per heavy atom. The fourth-order valence-corrected chi connectivity index (χ4v) is 3.19. The molecule has 1 aromatic rings. The normalized spacial score (nSPS) is 22.6. The van der Waals surface area contributed by atoms with E-state index in [1.165, 1.54) is 6.26 Å². The van der Waals surface area contributed by atoms with Crippen LogP contribution in [-0.4, -0.2) is 38.8 Å². The van der Waals surface area contributed by atoms with E-state index in [4.69, 9.17) is 14.9 Å². The zero-order valence-electron chi connectivity index (χ0n) is 11.4. The molecule has 1 aliphatic rings. The first kappa shape index (κ1) is 14.6. The van der Waals surface area contributed by atoms with Gasteiger partial charge in [0, 0.05) is 24.5 Å². The van der Waals surface area contributed by atoms with Gasteiger partial charge in [0.1, 0.15) is 22.9 Å². The molecule has 2 atom stereocenters. The van der Waals surface area contributed by atoms with Crippen molar-refractivity contribution in [2.45, 2.75) is 17.8 Å². The summed E-state index contributed by atoms with van der Waals surface area (Å²) in [5, 5.41) is 6.88. The lowest BCUT2D eigenvalue weighted by molar-refractivity contribution is 0.240. The Hall–Kier alpha value is -1.82. The lowest BCUT2D eigenvalue weighted by atomic mass is 10.0. The highest BCUT2D eigenvalue weighted by atomic mass is 32.2. The maximum absolute atomic E-state index is 11.8. The fraction of sp³-hybridized carbons (Fsp3) is 0.357. The van der Waals surface area contributed by atoms with E-state index in [0.29, 0.717) is 17.2 Å². The summed E-state index contributed by atoms with van der Waals surface area (Å²) in [7, 11) is -1.74. The molecule has 20 heavy (non-hydrogen) atoms. The van der Waals surface area contributed by atoms with E-state index in [1.54, 1.807) is 43.5 Å². The predicted octanol–water partition coefficient (Wildman–Crippen LogP) is 1.84. The second-order valence-corrected chi connectivity index (χ2v) is 6.98. The van der Waals surface area contributed by atoms with E-state index in [0.717, 1.165) is 0 Å². The van der Waals surface area contributed by atoms with Gasteiger partial charge in [0.15, 0.2) is 9.84 Å². The lowest BCUT2D eigenvalue weighted by Crippen LogP contribution is -2.40. The number of sulfone groups is 1. The lowest BCUT2D eigenvalue weighted by Gasteiger charge is -2.27. The van der Waals surface area contributed by atoms with Crippen LogP contribution in [0.3, 0.4) is 0 Å². The van der Waals surface area contributed by atoms with Crippen LogP contribution in [0, 0.1) is 5.41 Å². The molecule has 0 aromatic heterocycles. The zero-order valence-corrected chi connectivity index (χ0v) is 12.2. The zero-order chi connectivity index (χ0) is 14.8. The van der Waals surface area contributed by atoms with E-state index in [9.17, 15) is 8.42 Å². The van der Waals surface area contributed by atoms with Crippen molar-refractivity contribution in [1.82, 2.24) is 0 Å². The van der Waals surface area contributed by atoms with Gasteiger partial charge < -0.3 is 14.9 Å². The highest BCUT2D eigenvalue weighted by Gasteiger charge is 2.33. The van der Waals surface area contributed by atoms with Crippen LogP contribution >= 0.6 is 0 Å². The Morgan fingerprint density at radius 1 is 1.30 bits per heavy atom. The van der Waals surface area contributed by atoms with Gasteiger partial charge in [0.05, 0.1) is 7.11 Å². The van der Waals surface area contributed by atoms with E-state index in [-0.39, 0.29) is 6.42 Å². The van der Waals surface area contributed by atoms with Crippen molar-refractivity contribution in [3.05, 3.63) is 36.4 Å². The van der Waals surface area contributed by atoms with Crippen molar-refractivity contribution in [2.75, 3.05) is 13.4 Å². The standard InChI is InChI=1S/C14H17NO4S/c1-18-11-4-3-5-12(9-11)19-13-7-6-10(15)8-14(13)20(2,16)17/h3-7,9,13-15H,8H2,1-2H3. The number of hydrogen-bond acceptors (Lipinski definition) is 5. The molecule has 0 radical (unpaired) electrons. The van der Waals surface area contributed by atoms with Crippen LogP contribution in [0.4, 0.5) is 0 Å². The molecule has 2 rings (SSSR count). The summed E-state index contributed by atoms with van der Waals surface area (Å²) in [6.07, 6.45) is 3.96. The molecule has 2 unspecified atom stereocenters. The molecule has 0 aliphatic heterocycles. The molecule has 5 nitrogen and oxygen atoms in total. The number of allylic oxidation sites excluding steroid dienone is 1. The quantitative estimate of drug-likeness (QED) is 0.919. The Bertz CT molecular complexity index is 636. The third-order valence-corrected chi connectivity index (χ3v) is 4.67. The van der Waals surface area contributed by atoms with Gasteiger partial charge in [0.2, 0.25) is 0 Å². The fourth-order valence-electron chi connectivity index (χ4n) is 2.08. The molecule has 1 aromatic carbocycles. The second-order valence-electron chi connectivity index (χ2n) is 4.72. The average molecular weight is 295 g/mol. The predicted molar refractivity (Wildman–Crippen MR) is 77.5 cm³/mol. The minimum atomic E-state index is -3.29. The molecular formula is C14H17NO4S. The van der Waals surface area contributed by atoms with Gasteiger partial charge in [-0.15, -0.1) is 0 Å². The Kier molecular flexibility index (Phi) is 4.13. The largest absolute Gasteiger partial charge is 0.497 e. The van der Waals surface area contributed by atoms with Crippen LogP contribution in [-0.2, 0) is 9.84 Å². The van der Waals surface area contributed by atoms with E-state index < -0.39 is 21.2 Å².